The van der Waals surface area contributed by atoms with Crippen LogP contribution in [0.3, 0.4) is 0 Å². The maximum atomic E-state index is 5.30. The quantitative estimate of drug-likeness (QED) is 0.691. The number of nitrogens with one attached hydrogen (secondary N) is 1. The molecule has 0 unspecified atom stereocenters. The van der Waals surface area contributed by atoms with Crippen molar-refractivity contribution < 1.29 is 4.52 Å². The monoisotopic (exact) mass is 333 g/mol. The van der Waals surface area contributed by atoms with Crippen LogP contribution in [0.15, 0.2) is 40.0 Å². The van der Waals surface area contributed by atoms with Crippen molar-refractivity contribution >= 4 is 23.5 Å². The third-order valence-electron chi connectivity index (χ3n) is 3.08. The highest BCUT2D eigenvalue weighted by Crippen LogP contribution is 2.31. The molecule has 0 fully saturated rings. The molecule has 2 heterocycles. The Balaban J connectivity index is 1.60. The lowest BCUT2D eigenvalue weighted by atomic mass is 10.2. The molecule has 2 aromatic heterocycles. The predicted octanol–water partition coefficient (Wildman–Crippen LogP) is 3.57. The molecule has 0 radical (unpaired) electrons. The third-order valence-corrected chi connectivity index (χ3v) is 5.02. The van der Waals surface area contributed by atoms with Crippen LogP contribution in [0.4, 0.5) is 0 Å². The SMILES string of the molecule is CSc1ccc(CS[C@H](C)c2nc(-c3ncn[nH]3)no2)cc1. The minimum atomic E-state index is 0.115. The fourth-order valence-electron chi connectivity index (χ4n) is 1.82. The number of benzene rings is 1. The topological polar surface area (TPSA) is 80.5 Å². The molecule has 0 aliphatic carbocycles. The van der Waals surface area contributed by atoms with Gasteiger partial charge in [-0.05, 0) is 30.9 Å². The van der Waals surface area contributed by atoms with Crippen molar-refractivity contribution in [1.82, 2.24) is 25.3 Å². The number of hydrogen-bond donors (Lipinski definition) is 1. The Morgan fingerprint density at radius 3 is 2.77 bits per heavy atom. The molecule has 0 bridgehead atoms. The van der Waals surface area contributed by atoms with Gasteiger partial charge in [0.1, 0.15) is 6.33 Å². The average molecular weight is 333 g/mol. The number of aromatic nitrogens is 5. The molecular formula is C14H15N5OS2. The molecule has 0 spiro atoms. The zero-order chi connectivity index (χ0) is 15.4. The van der Waals surface area contributed by atoms with E-state index in [9.17, 15) is 0 Å². The summed E-state index contributed by atoms with van der Waals surface area (Å²) in [7, 11) is 0. The van der Waals surface area contributed by atoms with Crippen molar-refractivity contribution in [2.45, 2.75) is 22.8 Å². The minimum Gasteiger partial charge on any atom is -0.338 e. The van der Waals surface area contributed by atoms with Crippen LogP contribution in [0.1, 0.15) is 23.6 Å². The Morgan fingerprint density at radius 1 is 1.27 bits per heavy atom. The van der Waals surface area contributed by atoms with Crippen LogP contribution in [-0.4, -0.2) is 31.6 Å². The number of nitrogens with zero attached hydrogens (tertiary/aromatic N) is 4. The fourth-order valence-corrected chi connectivity index (χ4v) is 3.11. The van der Waals surface area contributed by atoms with Crippen molar-refractivity contribution in [3.63, 3.8) is 0 Å². The summed E-state index contributed by atoms with van der Waals surface area (Å²) in [5, 5.41) is 10.5. The second kappa shape index (κ2) is 6.97. The third kappa shape index (κ3) is 3.50. The lowest BCUT2D eigenvalue weighted by Crippen LogP contribution is -1.91. The molecule has 0 aliphatic rings. The largest absolute Gasteiger partial charge is 0.338 e. The first-order valence-electron chi connectivity index (χ1n) is 6.70. The van der Waals surface area contributed by atoms with E-state index in [1.807, 2.05) is 0 Å². The van der Waals surface area contributed by atoms with Crippen molar-refractivity contribution in [3.05, 3.63) is 42.0 Å². The van der Waals surface area contributed by atoms with Crippen LogP contribution in [0.2, 0.25) is 0 Å². The Morgan fingerprint density at radius 2 is 2.09 bits per heavy atom. The molecule has 1 atom stereocenters. The highest BCUT2D eigenvalue weighted by molar-refractivity contribution is 7.98. The highest BCUT2D eigenvalue weighted by atomic mass is 32.2. The van der Waals surface area contributed by atoms with Gasteiger partial charge < -0.3 is 4.52 Å². The highest BCUT2D eigenvalue weighted by Gasteiger charge is 2.17. The Hall–Kier alpha value is -1.80. The van der Waals surface area contributed by atoms with Crippen LogP contribution >= 0.6 is 23.5 Å². The summed E-state index contributed by atoms with van der Waals surface area (Å²) in [6.07, 6.45) is 3.50. The summed E-state index contributed by atoms with van der Waals surface area (Å²) in [4.78, 5) is 9.64. The molecule has 6 nitrogen and oxygen atoms in total. The molecular weight excluding hydrogens is 318 g/mol. The van der Waals surface area contributed by atoms with Crippen molar-refractivity contribution in [2.75, 3.05) is 6.26 Å². The Labute approximate surface area is 136 Å². The average Bonchev–Trinajstić information content (AvgIpc) is 3.23. The van der Waals surface area contributed by atoms with Gasteiger partial charge in [-0.1, -0.05) is 17.3 Å². The van der Waals surface area contributed by atoms with E-state index in [1.54, 1.807) is 23.5 Å². The first-order valence-corrected chi connectivity index (χ1v) is 8.97. The fraction of sp³-hybridized carbons (Fsp3) is 0.286. The van der Waals surface area contributed by atoms with Crippen LogP contribution in [0.5, 0.6) is 0 Å². The molecule has 1 N–H and O–H groups in total. The standard InChI is InChI=1S/C14H15N5OS2/c1-9(22-7-10-3-5-11(21-2)6-4-10)14-17-13(19-20-14)12-15-8-16-18-12/h3-6,8-9H,7H2,1-2H3,(H,15,16,18)/t9-/m1/s1. The summed E-state index contributed by atoms with van der Waals surface area (Å²) in [6.45, 7) is 2.05. The predicted molar refractivity (Wildman–Crippen MR) is 87.6 cm³/mol. The van der Waals surface area contributed by atoms with Gasteiger partial charge >= 0.3 is 0 Å². The number of H-pyrrole nitrogens is 1. The zero-order valence-corrected chi connectivity index (χ0v) is 13.8. The smallest absolute Gasteiger partial charge is 0.239 e. The lowest BCUT2D eigenvalue weighted by molar-refractivity contribution is 0.380. The molecule has 3 rings (SSSR count). The number of hydrogen-bond acceptors (Lipinski definition) is 7. The molecule has 8 heteroatoms. The van der Waals surface area contributed by atoms with Crippen molar-refractivity contribution in [2.24, 2.45) is 0 Å². The number of rotatable bonds is 6. The van der Waals surface area contributed by atoms with Gasteiger partial charge in [-0.25, -0.2) is 4.98 Å². The molecule has 1 aromatic carbocycles. The second-order valence-electron chi connectivity index (χ2n) is 4.59. The summed E-state index contributed by atoms with van der Waals surface area (Å²) >= 11 is 3.50. The summed E-state index contributed by atoms with van der Waals surface area (Å²) < 4.78 is 5.30. The summed E-state index contributed by atoms with van der Waals surface area (Å²) in [5.41, 5.74) is 1.28. The van der Waals surface area contributed by atoms with E-state index >= 15 is 0 Å². The van der Waals surface area contributed by atoms with Gasteiger partial charge in [-0.15, -0.1) is 23.5 Å². The van der Waals surface area contributed by atoms with Crippen molar-refractivity contribution in [3.8, 4) is 11.6 Å². The molecule has 0 amide bonds. The van der Waals surface area contributed by atoms with E-state index in [2.05, 4.69) is 62.8 Å². The summed E-state index contributed by atoms with van der Waals surface area (Å²) in [5.74, 6) is 2.44. The Kier molecular flexibility index (Phi) is 4.79. The van der Waals surface area contributed by atoms with Gasteiger partial charge in [0.25, 0.3) is 0 Å². The van der Waals surface area contributed by atoms with Crippen molar-refractivity contribution in [1.29, 1.82) is 0 Å². The maximum Gasteiger partial charge on any atom is 0.239 e. The molecule has 0 saturated carbocycles. The minimum absolute atomic E-state index is 0.115. The van der Waals surface area contributed by atoms with Gasteiger partial charge in [0.2, 0.25) is 11.7 Å². The van der Waals surface area contributed by atoms with Crippen LogP contribution < -0.4 is 0 Å². The molecule has 0 aliphatic heterocycles. The van der Waals surface area contributed by atoms with Gasteiger partial charge in [-0.2, -0.15) is 10.1 Å². The van der Waals surface area contributed by atoms with E-state index in [0.29, 0.717) is 17.5 Å². The van der Waals surface area contributed by atoms with E-state index < -0.39 is 0 Å². The molecule has 3 aromatic rings. The normalized spacial score (nSPS) is 12.5. The van der Waals surface area contributed by atoms with Gasteiger partial charge in [0, 0.05) is 10.6 Å². The number of aromatic amines is 1. The maximum absolute atomic E-state index is 5.30. The van der Waals surface area contributed by atoms with E-state index in [1.165, 1.54) is 16.8 Å². The van der Waals surface area contributed by atoms with Crippen LogP contribution in [0, 0.1) is 0 Å². The first kappa shape index (κ1) is 15.1. The summed E-state index contributed by atoms with van der Waals surface area (Å²) in [6, 6.07) is 8.58. The van der Waals surface area contributed by atoms with Crippen LogP contribution in [0.25, 0.3) is 11.6 Å². The molecule has 0 saturated heterocycles. The van der Waals surface area contributed by atoms with Crippen LogP contribution in [-0.2, 0) is 5.75 Å². The van der Waals surface area contributed by atoms with E-state index in [0.717, 1.165) is 5.75 Å². The number of thioether (sulfide) groups is 2. The Bertz CT molecular complexity index is 711. The first-order chi connectivity index (χ1) is 10.8. The van der Waals surface area contributed by atoms with E-state index in [4.69, 9.17) is 4.52 Å². The molecule has 114 valence electrons. The zero-order valence-electron chi connectivity index (χ0n) is 12.2. The van der Waals surface area contributed by atoms with E-state index in [-0.39, 0.29) is 5.25 Å². The lowest BCUT2D eigenvalue weighted by Gasteiger charge is -2.06. The molecule has 22 heavy (non-hydrogen) atoms. The second-order valence-corrected chi connectivity index (χ2v) is 6.80. The van der Waals surface area contributed by atoms with Gasteiger partial charge in [0.15, 0.2) is 5.82 Å². The van der Waals surface area contributed by atoms with Gasteiger partial charge in [-0.3, -0.25) is 5.10 Å². The van der Waals surface area contributed by atoms with Gasteiger partial charge in [0.05, 0.1) is 5.25 Å².